The number of aromatic nitrogens is 3. The number of nitrogens with two attached hydrogens (primary N) is 1. The molecule has 7 heteroatoms. The minimum Gasteiger partial charge on any atom is -0.446 e. The summed E-state index contributed by atoms with van der Waals surface area (Å²) in [5, 5.41) is 0.465. The molecule has 1 aromatic carbocycles. The van der Waals surface area contributed by atoms with Crippen molar-refractivity contribution in [3.05, 3.63) is 65.5 Å². The number of benzene rings is 1. The highest BCUT2D eigenvalue weighted by molar-refractivity contribution is 6.32. The van der Waals surface area contributed by atoms with Gasteiger partial charge in [0.2, 0.25) is 0 Å². The summed E-state index contributed by atoms with van der Waals surface area (Å²) in [4.78, 5) is 20.2. The Labute approximate surface area is 168 Å². The Morgan fingerprint density at radius 2 is 1.96 bits per heavy atom. The quantitative estimate of drug-likeness (QED) is 0.692. The Balaban J connectivity index is 1.46. The smallest absolute Gasteiger partial charge is 0.404 e. The van der Waals surface area contributed by atoms with Crippen LogP contribution in [0.5, 0.6) is 0 Å². The van der Waals surface area contributed by atoms with Crippen molar-refractivity contribution >= 4 is 23.2 Å². The number of ether oxygens (including phenoxy) is 1. The molecule has 146 valence electrons. The first kappa shape index (κ1) is 18.7. The van der Waals surface area contributed by atoms with E-state index in [1.165, 1.54) is 0 Å². The van der Waals surface area contributed by atoms with E-state index in [-0.39, 0.29) is 6.10 Å². The third-order valence-corrected chi connectivity index (χ3v) is 5.94. The van der Waals surface area contributed by atoms with E-state index >= 15 is 0 Å². The van der Waals surface area contributed by atoms with Crippen LogP contribution < -0.4 is 5.73 Å². The van der Waals surface area contributed by atoms with Crippen LogP contribution in [0.15, 0.2) is 48.9 Å². The predicted octanol–water partition coefficient (Wildman–Crippen LogP) is 4.36. The molecule has 0 bridgehead atoms. The average molecular weight is 399 g/mol. The molecule has 1 amide bonds. The Kier molecular flexibility index (Phi) is 5.48. The topological polar surface area (TPSA) is 82.5 Å². The number of halogens is 1. The van der Waals surface area contributed by atoms with Gasteiger partial charge in [-0.15, -0.1) is 0 Å². The predicted molar refractivity (Wildman–Crippen MR) is 107 cm³/mol. The van der Waals surface area contributed by atoms with Gasteiger partial charge in [-0.1, -0.05) is 41.9 Å². The van der Waals surface area contributed by atoms with Crippen molar-refractivity contribution < 1.29 is 9.53 Å². The van der Waals surface area contributed by atoms with Gasteiger partial charge in [0, 0.05) is 24.7 Å². The van der Waals surface area contributed by atoms with E-state index in [4.69, 9.17) is 22.1 Å². The van der Waals surface area contributed by atoms with Gasteiger partial charge in [0.05, 0.1) is 6.20 Å². The van der Waals surface area contributed by atoms with E-state index < -0.39 is 6.09 Å². The summed E-state index contributed by atoms with van der Waals surface area (Å²) in [6, 6.07) is 10.1. The second kappa shape index (κ2) is 8.19. The highest BCUT2D eigenvalue weighted by Crippen LogP contribution is 2.38. The van der Waals surface area contributed by atoms with Gasteiger partial charge < -0.3 is 10.5 Å². The Hall–Kier alpha value is -2.60. The van der Waals surface area contributed by atoms with Crippen molar-refractivity contribution in [3.63, 3.8) is 0 Å². The molecule has 0 aliphatic heterocycles. The molecule has 1 saturated carbocycles. The Morgan fingerprint density at radius 1 is 1.21 bits per heavy atom. The van der Waals surface area contributed by atoms with E-state index in [2.05, 4.69) is 22.1 Å². The summed E-state index contributed by atoms with van der Waals surface area (Å²) in [6.45, 7) is 0. The van der Waals surface area contributed by atoms with Crippen molar-refractivity contribution in [2.24, 2.45) is 11.7 Å². The van der Waals surface area contributed by atoms with E-state index in [1.807, 2.05) is 28.8 Å². The summed E-state index contributed by atoms with van der Waals surface area (Å²) in [7, 11) is 0. The maximum absolute atomic E-state index is 11.4. The minimum atomic E-state index is -0.704. The average Bonchev–Trinajstić information content (AvgIpc) is 3.14. The van der Waals surface area contributed by atoms with Crippen molar-refractivity contribution in [2.75, 3.05) is 0 Å². The van der Waals surface area contributed by atoms with Crippen molar-refractivity contribution in [1.29, 1.82) is 0 Å². The Morgan fingerprint density at radius 3 is 2.68 bits per heavy atom. The largest absolute Gasteiger partial charge is 0.446 e. The lowest BCUT2D eigenvalue weighted by Crippen LogP contribution is -2.33. The molecule has 6 nitrogen and oxygen atoms in total. The van der Waals surface area contributed by atoms with Crippen LogP contribution in [0.25, 0.3) is 5.52 Å². The first-order valence-corrected chi connectivity index (χ1v) is 9.97. The van der Waals surface area contributed by atoms with Crippen LogP contribution in [0.3, 0.4) is 0 Å². The molecule has 1 atom stereocenters. The summed E-state index contributed by atoms with van der Waals surface area (Å²) in [5.74, 6) is 1.66. The molecule has 1 aliphatic rings. The fourth-order valence-corrected chi connectivity index (χ4v) is 4.46. The number of fused-ring (bicyclic) bond motifs is 1. The standard InChI is InChI=1S/C21H23ClN4O2/c22-19-17-13-25-20(26(17)11-10-24-19)16-8-6-15(7-9-16)18(28-21(23)27)12-14-4-2-1-3-5-14/h1-5,10-11,13,15-16,18H,6-9,12H2,(H2,23,27). The zero-order valence-electron chi connectivity index (χ0n) is 15.5. The molecule has 0 radical (unpaired) electrons. The van der Waals surface area contributed by atoms with Gasteiger partial charge in [-0.25, -0.2) is 14.8 Å². The van der Waals surface area contributed by atoms with E-state index in [1.54, 1.807) is 12.4 Å². The lowest BCUT2D eigenvalue weighted by molar-refractivity contribution is 0.0516. The van der Waals surface area contributed by atoms with Crippen LogP contribution in [-0.2, 0) is 11.2 Å². The first-order chi connectivity index (χ1) is 13.6. The van der Waals surface area contributed by atoms with Gasteiger partial charge in [-0.3, -0.25) is 4.40 Å². The highest BCUT2D eigenvalue weighted by Gasteiger charge is 2.32. The van der Waals surface area contributed by atoms with E-state index in [0.29, 0.717) is 23.4 Å². The normalized spacial score (nSPS) is 20.8. The third-order valence-electron chi connectivity index (χ3n) is 5.65. The number of amides is 1. The zero-order chi connectivity index (χ0) is 19.5. The first-order valence-electron chi connectivity index (χ1n) is 9.59. The molecule has 4 rings (SSSR count). The van der Waals surface area contributed by atoms with Crippen LogP contribution in [-0.4, -0.2) is 26.6 Å². The lowest BCUT2D eigenvalue weighted by atomic mass is 9.77. The number of hydrogen-bond acceptors (Lipinski definition) is 4. The van der Waals surface area contributed by atoms with E-state index in [0.717, 1.165) is 42.6 Å². The van der Waals surface area contributed by atoms with Crippen LogP contribution >= 0.6 is 11.6 Å². The zero-order valence-corrected chi connectivity index (χ0v) is 16.3. The SMILES string of the molecule is NC(=O)OC(Cc1ccccc1)C1CCC(c2ncc3c(Cl)nccn23)CC1. The van der Waals surface area contributed by atoms with E-state index in [9.17, 15) is 4.79 Å². The maximum Gasteiger partial charge on any atom is 0.404 e. The van der Waals surface area contributed by atoms with Gasteiger partial charge in [-0.05, 0) is 37.2 Å². The summed E-state index contributed by atoms with van der Waals surface area (Å²) >= 11 is 6.17. The summed E-state index contributed by atoms with van der Waals surface area (Å²) < 4.78 is 7.53. The fourth-order valence-electron chi connectivity index (χ4n) is 4.27. The number of carbonyl (C=O) groups is 1. The number of rotatable bonds is 5. The van der Waals surface area contributed by atoms with Crippen molar-refractivity contribution in [3.8, 4) is 0 Å². The van der Waals surface area contributed by atoms with Crippen LogP contribution in [0.2, 0.25) is 5.15 Å². The van der Waals surface area contributed by atoms with Gasteiger partial charge in [0.15, 0.2) is 5.15 Å². The molecule has 2 N–H and O–H groups in total. The Bertz CT molecular complexity index is 951. The van der Waals surface area contributed by atoms with Crippen molar-refractivity contribution in [1.82, 2.24) is 14.4 Å². The number of carbonyl (C=O) groups excluding carboxylic acids is 1. The molecule has 2 aromatic heterocycles. The molecule has 3 aromatic rings. The number of hydrogen-bond donors (Lipinski definition) is 1. The van der Waals surface area contributed by atoms with Crippen LogP contribution in [0, 0.1) is 5.92 Å². The molecule has 1 fully saturated rings. The molecular weight excluding hydrogens is 376 g/mol. The highest BCUT2D eigenvalue weighted by atomic mass is 35.5. The molecular formula is C21H23ClN4O2. The lowest BCUT2D eigenvalue weighted by Gasteiger charge is -2.33. The van der Waals surface area contributed by atoms with Gasteiger partial charge >= 0.3 is 6.09 Å². The van der Waals surface area contributed by atoms with Gasteiger partial charge in [-0.2, -0.15) is 0 Å². The second-order valence-electron chi connectivity index (χ2n) is 7.37. The molecule has 1 aliphatic carbocycles. The molecule has 28 heavy (non-hydrogen) atoms. The number of nitrogens with zero attached hydrogens (tertiary/aromatic N) is 3. The minimum absolute atomic E-state index is 0.198. The molecule has 2 heterocycles. The summed E-state index contributed by atoms with van der Waals surface area (Å²) in [5.41, 5.74) is 7.33. The van der Waals surface area contributed by atoms with Gasteiger partial charge in [0.1, 0.15) is 17.4 Å². The van der Waals surface area contributed by atoms with Crippen LogP contribution in [0.4, 0.5) is 4.79 Å². The fraction of sp³-hybridized carbons (Fsp3) is 0.381. The second-order valence-corrected chi connectivity index (χ2v) is 7.72. The number of primary amides is 1. The maximum atomic E-state index is 11.4. The third kappa shape index (κ3) is 3.97. The summed E-state index contributed by atoms with van der Waals surface area (Å²) in [6.07, 6.45) is 9.06. The molecule has 1 unspecified atom stereocenters. The molecule has 0 saturated heterocycles. The van der Waals surface area contributed by atoms with Gasteiger partial charge in [0.25, 0.3) is 0 Å². The van der Waals surface area contributed by atoms with Crippen molar-refractivity contribution in [2.45, 2.75) is 44.1 Å². The van der Waals surface area contributed by atoms with Crippen LogP contribution in [0.1, 0.15) is 43.0 Å². The number of imidazole rings is 1. The monoisotopic (exact) mass is 398 g/mol. The molecule has 0 spiro atoms.